The highest BCUT2D eigenvalue weighted by Gasteiger charge is 2.30. The fourth-order valence-corrected chi connectivity index (χ4v) is 11.2. The molecular weight excluding hydrogens is 1060 g/mol. The van der Waals surface area contributed by atoms with Crippen molar-refractivity contribution in [3.05, 3.63) is 72.9 Å². The van der Waals surface area contributed by atoms with Crippen LogP contribution in [0, 0.1) is 0 Å². The van der Waals surface area contributed by atoms with Crippen LogP contribution in [0.4, 0.5) is 0 Å². The number of nitrogens with one attached hydrogen (secondary N) is 1. The van der Waals surface area contributed by atoms with Gasteiger partial charge in [0.1, 0.15) is 19.3 Å². The predicted molar refractivity (Wildman–Crippen MR) is 365 cm³/mol. The standard InChI is InChI=1S/C74H137N2O7P/c1-7-10-13-16-19-22-25-28-30-32-34-35-36-37-38-39-40-41-43-45-47-49-52-55-58-61-64-67-74(78)83-72(65-62-59-56-53-50-27-24-21-18-15-12-9-3)71(70-82-84(79,80)81-69-68-76(4,5)6)75-73(77)66-63-60-57-54-51-48-46-44-42-33-31-29-26-23-20-17-14-11-8-2/h10,13,19,22,28,30,34-35,37-38,62,65,71-72H,7-9,11-12,14-18,20-21,23-27,29,31-33,36,39-61,63-64,66-70H2,1-6H3,(H-,75,77,79,80)/p+1/b13-10-,22-19-,30-28-,35-34-,38-37-,65-62+. The minimum Gasteiger partial charge on any atom is -0.456 e. The maximum atomic E-state index is 13.6. The van der Waals surface area contributed by atoms with Gasteiger partial charge in [0.2, 0.25) is 5.91 Å². The molecule has 0 aromatic rings. The molecule has 0 bridgehead atoms. The molecule has 0 aliphatic carbocycles. The van der Waals surface area contributed by atoms with E-state index in [1.807, 2.05) is 33.3 Å². The molecule has 0 aliphatic heterocycles. The normalized spacial score (nSPS) is 13.9. The number of rotatable bonds is 65. The third kappa shape index (κ3) is 63.9. The first kappa shape index (κ1) is 81.5. The third-order valence-electron chi connectivity index (χ3n) is 15.9. The molecule has 3 unspecified atom stereocenters. The van der Waals surface area contributed by atoms with E-state index in [2.05, 4.69) is 86.8 Å². The van der Waals surface area contributed by atoms with Crippen LogP contribution in [-0.2, 0) is 27.9 Å². The largest absolute Gasteiger partial charge is 0.472 e. The number of esters is 1. The number of hydrogen-bond acceptors (Lipinski definition) is 6. The maximum absolute atomic E-state index is 13.6. The fourth-order valence-electron chi connectivity index (χ4n) is 10.4. The molecule has 0 aromatic heterocycles. The van der Waals surface area contributed by atoms with E-state index in [0.717, 1.165) is 89.9 Å². The summed E-state index contributed by atoms with van der Waals surface area (Å²) in [6.07, 6.45) is 83.4. The smallest absolute Gasteiger partial charge is 0.456 e. The number of carbonyl (C=O) groups excluding carboxylic acids is 2. The number of unbranched alkanes of at least 4 members (excludes halogenated alkanes) is 39. The average molecular weight is 1200 g/mol. The summed E-state index contributed by atoms with van der Waals surface area (Å²) in [6, 6.07) is -0.850. The number of nitrogens with zero attached hydrogens (tertiary/aromatic N) is 1. The predicted octanol–water partition coefficient (Wildman–Crippen LogP) is 22.7. The summed E-state index contributed by atoms with van der Waals surface area (Å²) in [4.78, 5) is 37.9. The monoisotopic (exact) mass is 1200 g/mol. The van der Waals surface area contributed by atoms with Gasteiger partial charge in [0.25, 0.3) is 0 Å². The Labute approximate surface area is 521 Å². The van der Waals surface area contributed by atoms with E-state index in [0.29, 0.717) is 17.4 Å². The molecule has 0 radical (unpaired) electrons. The van der Waals surface area contributed by atoms with Crippen molar-refractivity contribution in [2.24, 2.45) is 0 Å². The van der Waals surface area contributed by atoms with Crippen LogP contribution in [0.25, 0.3) is 0 Å². The van der Waals surface area contributed by atoms with Crippen LogP contribution in [0.5, 0.6) is 0 Å². The zero-order valence-electron chi connectivity index (χ0n) is 56.1. The minimum atomic E-state index is -4.45. The van der Waals surface area contributed by atoms with E-state index in [4.69, 9.17) is 13.8 Å². The lowest BCUT2D eigenvalue weighted by Crippen LogP contribution is -2.47. The number of likely N-dealkylation sites (N-methyl/N-ethyl adjacent to an activating group) is 1. The van der Waals surface area contributed by atoms with Gasteiger partial charge in [0.15, 0.2) is 0 Å². The second-order valence-electron chi connectivity index (χ2n) is 25.4. The zero-order valence-corrected chi connectivity index (χ0v) is 57.0. The van der Waals surface area contributed by atoms with Gasteiger partial charge in [-0.1, -0.05) is 319 Å². The van der Waals surface area contributed by atoms with Gasteiger partial charge in [-0.2, -0.15) is 0 Å². The van der Waals surface area contributed by atoms with Crippen LogP contribution in [0.2, 0.25) is 0 Å². The highest BCUT2D eigenvalue weighted by molar-refractivity contribution is 7.47. The Bertz CT molecular complexity index is 1670. The van der Waals surface area contributed by atoms with Gasteiger partial charge in [-0.25, -0.2) is 4.57 Å². The van der Waals surface area contributed by atoms with Crippen LogP contribution in [0.15, 0.2) is 72.9 Å². The number of quaternary nitrogens is 1. The molecule has 0 heterocycles. The SMILES string of the molecule is CC/C=C\C/C=C\C/C=C\C/C=C\C/C=C\CCCCCCCCCCCCCC(=O)OC(/C=C/CCCCCCCCCCCC)C(COP(=O)(O)OCC[N+](C)(C)C)NC(=O)CCCCCCCCCCCCCCCCCCCCC. The van der Waals surface area contributed by atoms with E-state index < -0.39 is 20.0 Å². The van der Waals surface area contributed by atoms with Crippen LogP contribution in [0.1, 0.15) is 335 Å². The Morgan fingerprint density at radius 3 is 1.14 bits per heavy atom. The van der Waals surface area contributed by atoms with E-state index in [-0.39, 0.29) is 31.5 Å². The van der Waals surface area contributed by atoms with Gasteiger partial charge < -0.3 is 19.4 Å². The molecule has 0 spiro atoms. The Balaban J connectivity index is 5.03. The number of hydrogen-bond donors (Lipinski definition) is 2. The highest BCUT2D eigenvalue weighted by Crippen LogP contribution is 2.43. The summed E-state index contributed by atoms with van der Waals surface area (Å²) in [6.45, 7) is 6.94. The highest BCUT2D eigenvalue weighted by atomic mass is 31.2. The molecule has 10 heteroatoms. The summed E-state index contributed by atoms with van der Waals surface area (Å²) in [5, 5.41) is 3.07. The van der Waals surface area contributed by atoms with Crippen molar-refractivity contribution in [2.45, 2.75) is 348 Å². The van der Waals surface area contributed by atoms with Crippen molar-refractivity contribution in [1.82, 2.24) is 5.32 Å². The first-order chi connectivity index (χ1) is 40.9. The molecule has 1 amide bonds. The van der Waals surface area contributed by atoms with Crippen molar-refractivity contribution in [1.29, 1.82) is 0 Å². The molecule has 0 rings (SSSR count). The molecule has 2 N–H and O–H groups in total. The van der Waals surface area contributed by atoms with E-state index in [1.165, 1.54) is 212 Å². The van der Waals surface area contributed by atoms with Crippen LogP contribution < -0.4 is 5.32 Å². The van der Waals surface area contributed by atoms with E-state index in [1.54, 1.807) is 0 Å². The summed E-state index contributed by atoms with van der Waals surface area (Å²) >= 11 is 0. The summed E-state index contributed by atoms with van der Waals surface area (Å²) in [5.74, 6) is -0.495. The molecule has 490 valence electrons. The first-order valence-corrected chi connectivity index (χ1v) is 37.3. The second kappa shape index (κ2) is 63.5. The van der Waals surface area contributed by atoms with Crippen molar-refractivity contribution in [3.8, 4) is 0 Å². The van der Waals surface area contributed by atoms with E-state index in [9.17, 15) is 19.0 Å². The van der Waals surface area contributed by atoms with Crippen molar-refractivity contribution < 1.29 is 37.3 Å². The molecule has 3 atom stereocenters. The van der Waals surface area contributed by atoms with Gasteiger partial charge in [-0.3, -0.25) is 18.6 Å². The Morgan fingerprint density at radius 1 is 0.429 bits per heavy atom. The quantitative estimate of drug-likeness (QED) is 0.0205. The molecule has 84 heavy (non-hydrogen) atoms. The first-order valence-electron chi connectivity index (χ1n) is 35.8. The average Bonchev–Trinajstić information content (AvgIpc) is 3.65. The lowest BCUT2D eigenvalue weighted by molar-refractivity contribution is -0.870. The molecule has 0 aliphatic rings. The van der Waals surface area contributed by atoms with Gasteiger partial charge in [0, 0.05) is 12.8 Å². The topological polar surface area (TPSA) is 111 Å². The number of ether oxygens (including phenoxy) is 1. The summed E-state index contributed by atoms with van der Waals surface area (Å²) in [7, 11) is 1.50. The van der Waals surface area contributed by atoms with Crippen molar-refractivity contribution >= 4 is 19.7 Å². The van der Waals surface area contributed by atoms with Crippen LogP contribution in [0.3, 0.4) is 0 Å². The Morgan fingerprint density at radius 2 is 0.762 bits per heavy atom. The Kier molecular flexibility index (Phi) is 61.5. The molecule has 0 saturated heterocycles. The molecule has 0 aromatic carbocycles. The minimum absolute atomic E-state index is 0.0400. The van der Waals surface area contributed by atoms with Crippen molar-refractivity contribution in [2.75, 3.05) is 40.9 Å². The van der Waals surface area contributed by atoms with Gasteiger partial charge >= 0.3 is 13.8 Å². The van der Waals surface area contributed by atoms with Crippen LogP contribution >= 0.6 is 7.82 Å². The lowest BCUT2D eigenvalue weighted by atomic mass is 10.0. The molecular formula is C74H138N2O7P+. The molecule has 0 saturated carbocycles. The van der Waals surface area contributed by atoms with Crippen LogP contribution in [-0.4, -0.2) is 74.3 Å². The molecule has 9 nitrogen and oxygen atoms in total. The Hall–Kier alpha value is -2.55. The fraction of sp³-hybridized carbons (Fsp3) is 0.811. The number of amides is 1. The number of phosphoric ester groups is 1. The third-order valence-corrected chi connectivity index (χ3v) is 16.9. The second-order valence-corrected chi connectivity index (χ2v) is 26.8. The maximum Gasteiger partial charge on any atom is 0.472 e. The summed E-state index contributed by atoms with van der Waals surface area (Å²) in [5.41, 5.74) is 0. The van der Waals surface area contributed by atoms with E-state index >= 15 is 0 Å². The number of allylic oxidation sites excluding steroid dienone is 11. The summed E-state index contributed by atoms with van der Waals surface area (Å²) < 4.78 is 30.8. The molecule has 0 fully saturated rings. The number of phosphoric acid groups is 1. The van der Waals surface area contributed by atoms with Crippen molar-refractivity contribution in [3.63, 3.8) is 0 Å². The van der Waals surface area contributed by atoms with Gasteiger partial charge in [-0.05, 0) is 76.7 Å². The van der Waals surface area contributed by atoms with Gasteiger partial charge in [-0.15, -0.1) is 0 Å². The zero-order chi connectivity index (χ0) is 61.4. The lowest BCUT2D eigenvalue weighted by Gasteiger charge is -2.27. The van der Waals surface area contributed by atoms with Gasteiger partial charge in [0.05, 0.1) is 33.8 Å². The number of carbonyl (C=O) groups is 2.